The van der Waals surface area contributed by atoms with E-state index in [4.69, 9.17) is 4.74 Å². The first-order valence-corrected chi connectivity index (χ1v) is 11.7. The van der Waals surface area contributed by atoms with Crippen molar-refractivity contribution in [3.8, 4) is 5.75 Å². The van der Waals surface area contributed by atoms with Gasteiger partial charge in [-0.3, -0.25) is 29.4 Å². The normalized spacial score (nSPS) is 17.1. The van der Waals surface area contributed by atoms with Gasteiger partial charge in [-0.05, 0) is 60.9 Å². The summed E-state index contributed by atoms with van der Waals surface area (Å²) >= 11 is 0.768. The molecule has 2 aromatic rings. The lowest BCUT2D eigenvalue weighted by Crippen LogP contribution is -2.44. The third kappa shape index (κ3) is 5.75. The highest BCUT2D eigenvalue weighted by Gasteiger charge is 2.37. The van der Waals surface area contributed by atoms with Crippen LogP contribution in [0.15, 0.2) is 53.4 Å². The number of piperidine rings is 1. The second-order valence-electron chi connectivity index (χ2n) is 7.98. The average molecular weight is 496 g/mol. The highest BCUT2D eigenvalue weighted by molar-refractivity contribution is 8.18. The Morgan fingerprint density at radius 3 is 2.46 bits per heavy atom. The van der Waals surface area contributed by atoms with Gasteiger partial charge >= 0.3 is 5.97 Å². The van der Waals surface area contributed by atoms with Gasteiger partial charge in [0.2, 0.25) is 5.91 Å². The molecule has 3 amide bonds. The number of esters is 1. The number of carbonyl (C=O) groups excluding carboxylic acids is 4. The van der Waals surface area contributed by atoms with E-state index < -0.39 is 22.0 Å². The highest BCUT2D eigenvalue weighted by atomic mass is 32.2. The van der Waals surface area contributed by atoms with Gasteiger partial charge in [0.25, 0.3) is 16.8 Å². The van der Waals surface area contributed by atoms with Crippen LogP contribution < -0.4 is 4.74 Å². The molecular formula is C24H21N3O7S. The van der Waals surface area contributed by atoms with E-state index in [2.05, 4.69) is 0 Å². The predicted molar refractivity (Wildman–Crippen MR) is 128 cm³/mol. The van der Waals surface area contributed by atoms with Crippen LogP contribution in [0.4, 0.5) is 10.5 Å². The van der Waals surface area contributed by atoms with Crippen molar-refractivity contribution in [1.82, 2.24) is 9.80 Å². The summed E-state index contributed by atoms with van der Waals surface area (Å²) in [4.78, 5) is 62.9. The number of imide groups is 1. The number of carbonyl (C=O) groups is 4. The van der Waals surface area contributed by atoms with Crippen LogP contribution in [0.3, 0.4) is 0 Å². The first-order valence-electron chi connectivity index (χ1n) is 10.9. The Kier molecular flexibility index (Phi) is 7.25. The summed E-state index contributed by atoms with van der Waals surface area (Å²) in [6.07, 6.45) is 4.44. The summed E-state index contributed by atoms with van der Waals surface area (Å²) in [5.41, 5.74) is 0.408. The van der Waals surface area contributed by atoms with Gasteiger partial charge in [0, 0.05) is 25.2 Å². The summed E-state index contributed by atoms with van der Waals surface area (Å²) in [6.45, 7) is 1.01. The Hall–Kier alpha value is -3.99. The molecule has 35 heavy (non-hydrogen) atoms. The van der Waals surface area contributed by atoms with E-state index in [9.17, 15) is 29.3 Å². The van der Waals surface area contributed by atoms with Gasteiger partial charge < -0.3 is 9.64 Å². The Bertz CT molecular complexity index is 1220. The van der Waals surface area contributed by atoms with Crippen molar-refractivity contribution in [1.29, 1.82) is 0 Å². The van der Waals surface area contributed by atoms with Crippen molar-refractivity contribution in [3.63, 3.8) is 0 Å². The zero-order valence-corrected chi connectivity index (χ0v) is 19.4. The van der Waals surface area contributed by atoms with Crippen molar-refractivity contribution in [2.75, 3.05) is 19.6 Å². The minimum Gasteiger partial charge on any atom is -0.423 e. The Morgan fingerprint density at radius 2 is 1.77 bits per heavy atom. The molecule has 0 aromatic heterocycles. The minimum atomic E-state index is -0.749. The summed E-state index contributed by atoms with van der Waals surface area (Å²) < 4.78 is 5.26. The molecule has 0 radical (unpaired) electrons. The lowest BCUT2D eigenvalue weighted by molar-refractivity contribution is -0.384. The number of benzene rings is 2. The van der Waals surface area contributed by atoms with Crippen LogP contribution in [0, 0.1) is 10.1 Å². The number of likely N-dealkylation sites (tertiary alicyclic amines) is 1. The molecule has 2 aromatic carbocycles. The molecule has 0 spiro atoms. The number of hydrogen-bond acceptors (Lipinski definition) is 8. The van der Waals surface area contributed by atoms with Gasteiger partial charge in [-0.25, -0.2) is 4.79 Å². The summed E-state index contributed by atoms with van der Waals surface area (Å²) in [5.74, 6) is -1.30. The highest BCUT2D eigenvalue weighted by Crippen LogP contribution is 2.32. The van der Waals surface area contributed by atoms with Crippen LogP contribution in [0.2, 0.25) is 0 Å². The first kappa shape index (κ1) is 24.1. The van der Waals surface area contributed by atoms with Crippen LogP contribution in [-0.4, -0.2) is 57.4 Å². The molecule has 10 nitrogen and oxygen atoms in total. The zero-order valence-electron chi connectivity index (χ0n) is 18.5. The molecule has 180 valence electrons. The number of thioether (sulfide) groups is 1. The first-order chi connectivity index (χ1) is 16.8. The number of ether oxygens (including phenoxy) is 1. The molecule has 2 aliphatic heterocycles. The molecular weight excluding hydrogens is 474 g/mol. The maximum atomic E-state index is 12.7. The molecule has 0 atom stereocenters. The van der Waals surface area contributed by atoms with Crippen LogP contribution in [-0.2, 0) is 9.59 Å². The van der Waals surface area contributed by atoms with E-state index in [1.54, 1.807) is 17.0 Å². The van der Waals surface area contributed by atoms with Gasteiger partial charge in [-0.1, -0.05) is 18.2 Å². The average Bonchev–Trinajstić information content (AvgIpc) is 3.13. The Balaban J connectivity index is 1.39. The third-order valence-electron chi connectivity index (χ3n) is 5.56. The number of nitro benzene ring substituents is 1. The molecule has 2 heterocycles. The fraction of sp³-hybridized carbons (Fsp3) is 0.250. The van der Waals surface area contributed by atoms with Gasteiger partial charge in [0.15, 0.2) is 0 Å². The van der Waals surface area contributed by atoms with E-state index in [1.807, 2.05) is 0 Å². The number of amides is 3. The van der Waals surface area contributed by atoms with Crippen LogP contribution in [0.25, 0.3) is 6.08 Å². The molecule has 11 heteroatoms. The minimum absolute atomic E-state index is 0.0380. The van der Waals surface area contributed by atoms with Crippen LogP contribution in [0.5, 0.6) is 5.75 Å². The fourth-order valence-electron chi connectivity index (χ4n) is 3.71. The Labute approximate surface area is 204 Å². The van der Waals surface area contributed by atoms with Crippen LogP contribution >= 0.6 is 11.8 Å². The standard InChI is InChI=1S/C24H21N3O7S/c28-21(25-11-2-1-3-12-25)15-26-22(29)20(35-24(26)31)13-16-7-9-19(10-8-16)34-23(30)17-5-4-6-18(14-17)27(32)33/h4-10,13-14H,1-3,11-12,15H2/b20-13-. The van der Waals surface area contributed by atoms with Crippen molar-refractivity contribution in [3.05, 3.63) is 74.7 Å². The summed E-state index contributed by atoms with van der Waals surface area (Å²) in [5, 5.41) is 10.4. The second-order valence-corrected chi connectivity index (χ2v) is 8.97. The van der Waals surface area contributed by atoms with E-state index in [0.29, 0.717) is 18.7 Å². The number of hydrogen-bond donors (Lipinski definition) is 0. The van der Waals surface area contributed by atoms with Crippen molar-refractivity contribution < 1.29 is 28.8 Å². The number of non-ortho nitro benzene ring substituents is 1. The van der Waals surface area contributed by atoms with Gasteiger partial charge in [-0.15, -0.1) is 0 Å². The number of nitrogens with zero attached hydrogens (tertiary/aromatic N) is 3. The van der Waals surface area contributed by atoms with Gasteiger partial charge in [-0.2, -0.15) is 0 Å². The molecule has 2 fully saturated rings. The topological polar surface area (TPSA) is 127 Å². The molecule has 0 unspecified atom stereocenters. The number of rotatable bonds is 6. The monoisotopic (exact) mass is 495 g/mol. The third-order valence-corrected chi connectivity index (χ3v) is 6.46. The summed E-state index contributed by atoms with van der Waals surface area (Å²) in [7, 11) is 0. The van der Waals surface area contributed by atoms with Crippen molar-refractivity contribution in [2.24, 2.45) is 0 Å². The maximum absolute atomic E-state index is 12.7. The summed E-state index contributed by atoms with van der Waals surface area (Å²) in [6, 6.07) is 11.4. The number of nitro groups is 1. The molecule has 0 N–H and O–H groups in total. The zero-order chi connectivity index (χ0) is 24.9. The molecule has 0 aliphatic carbocycles. The molecule has 2 saturated heterocycles. The maximum Gasteiger partial charge on any atom is 0.343 e. The lowest BCUT2D eigenvalue weighted by Gasteiger charge is -2.27. The van der Waals surface area contributed by atoms with E-state index in [0.717, 1.165) is 42.0 Å². The lowest BCUT2D eigenvalue weighted by atomic mass is 10.1. The smallest absolute Gasteiger partial charge is 0.343 e. The van der Waals surface area contributed by atoms with Gasteiger partial charge in [0.1, 0.15) is 12.3 Å². The van der Waals surface area contributed by atoms with Crippen molar-refractivity contribution >= 4 is 46.5 Å². The van der Waals surface area contributed by atoms with E-state index in [1.165, 1.54) is 36.4 Å². The second kappa shape index (κ2) is 10.5. The van der Waals surface area contributed by atoms with E-state index in [-0.39, 0.29) is 34.4 Å². The Morgan fingerprint density at radius 1 is 1.06 bits per heavy atom. The van der Waals surface area contributed by atoms with Crippen LogP contribution in [0.1, 0.15) is 35.2 Å². The van der Waals surface area contributed by atoms with Gasteiger partial charge in [0.05, 0.1) is 15.4 Å². The largest absolute Gasteiger partial charge is 0.423 e. The molecule has 4 rings (SSSR count). The molecule has 2 aliphatic rings. The molecule has 0 saturated carbocycles. The quantitative estimate of drug-likeness (QED) is 0.194. The van der Waals surface area contributed by atoms with E-state index >= 15 is 0 Å². The van der Waals surface area contributed by atoms with Crippen molar-refractivity contribution in [2.45, 2.75) is 19.3 Å². The molecule has 0 bridgehead atoms. The predicted octanol–water partition coefficient (Wildman–Crippen LogP) is 3.86. The fourth-order valence-corrected chi connectivity index (χ4v) is 4.55. The SMILES string of the molecule is O=C(Oc1ccc(/C=C2\SC(=O)N(CC(=O)N3CCCCC3)C2=O)cc1)c1cccc([N+](=O)[O-])c1.